The molecular formula is C21H27N3O2. The third kappa shape index (κ3) is 4.05. The summed E-state index contributed by atoms with van der Waals surface area (Å²) in [6.45, 7) is 6.22. The zero-order valence-corrected chi connectivity index (χ0v) is 15.4. The minimum atomic E-state index is 0.185. The van der Waals surface area contributed by atoms with E-state index in [9.17, 15) is 4.79 Å². The van der Waals surface area contributed by atoms with Gasteiger partial charge in [0.1, 0.15) is 0 Å². The van der Waals surface area contributed by atoms with Crippen LogP contribution in [0.25, 0.3) is 10.9 Å². The molecule has 5 heteroatoms. The monoisotopic (exact) mass is 353 g/mol. The zero-order chi connectivity index (χ0) is 17.9. The fourth-order valence-corrected chi connectivity index (χ4v) is 4.05. The highest BCUT2D eigenvalue weighted by Gasteiger charge is 2.28. The number of carbonyl (C=O) groups excluding carboxylic acids is 1. The maximum atomic E-state index is 11.4. The first-order valence-corrected chi connectivity index (χ1v) is 9.65. The van der Waals surface area contributed by atoms with E-state index in [4.69, 9.17) is 9.72 Å². The SMILES string of the molecule is CC(=O)N1CCN(C[C@H]2CC[C@@H](Cc3ccc4ccccc4n3)O2)CC1. The van der Waals surface area contributed by atoms with Gasteiger partial charge in [0.25, 0.3) is 0 Å². The maximum Gasteiger partial charge on any atom is 0.219 e. The Balaban J connectivity index is 1.27. The average Bonchev–Trinajstić information content (AvgIpc) is 3.09. The van der Waals surface area contributed by atoms with E-state index in [1.807, 2.05) is 17.0 Å². The smallest absolute Gasteiger partial charge is 0.219 e. The van der Waals surface area contributed by atoms with Crippen LogP contribution in [0.4, 0.5) is 0 Å². The molecule has 1 amide bonds. The summed E-state index contributed by atoms with van der Waals surface area (Å²) in [6.07, 6.45) is 3.69. The standard InChI is InChI=1S/C21H27N3O2/c1-16(25)24-12-10-23(11-13-24)15-20-9-8-19(26-20)14-18-7-6-17-4-2-3-5-21(17)22-18/h2-7,19-20H,8-15H2,1H3/t19-,20+/m0/s1. The molecule has 0 spiro atoms. The third-order valence-electron chi connectivity index (χ3n) is 5.57. The molecule has 0 bridgehead atoms. The number of pyridine rings is 1. The van der Waals surface area contributed by atoms with Crippen molar-refractivity contribution in [1.29, 1.82) is 0 Å². The van der Waals surface area contributed by atoms with Crippen molar-refractivity contribution < 1.29 is 9.53 Å². The number of fused-ring (bicyclic) bond motifs is 1. The number of amides is 1. The lowest BCUT2D eigenvalue weighted by atomic mass is 10.1. The maximum absolute atomic E-state index is 11.4. The van der Waals surface area contributed by atoms with Crippen LogP contribution in [0.3, 0.4) is 0 Å². The summed E-state index contributed by atoms with van der Waals surface area (Å²) in [5, 5.41) is 1.19. The molecule has 2 aromatic rings. The predicted molar refractivity (Wildman–Crippen MR) is 102 cm³/mol. The first-order valence-electron chi connectivity index (χ1n) is 9.65. The van der Waals surface area contributed by atoms with Gasteiger partial charge >= 0.3 is 0 Å². The van der Waals surface area contributed by atoms with Gasteiger partial charge in [0.15, 0.2) is 0 Å². The van der Waals surface area contributed by atoms with Crippen LogP contribution < -0.4 is 0 Å². The predicted octanol–water partition coefficient (Wildman–Crippen LogP) is 2.49. The molecular weight excluding hydrogens is 326 g/mol. The largest absolute Gasteiger partial charge is 0.373 e. The van der Waals surface area contributed by atoms with Crippen molar-refractivity contribution in [2.45, 2.75) is 38.4 Å². The lowest BCUT2D eigenvalue weighted by Crippen LogP contribution is -2.49. The molecule has 0 N–H and O–H groups in total. The summed E-state index contributed by atoms with van der Waals surface area (Å²) in [6, 6.07) is 12.5. The second-order valence-corrected chi connectivity index (χ2v) is 7.46. The van der Waals surface area contributed by atoms with E-state index >= 15 is 0 Å². The topological polar surface area (TPSA) is 45.7 Å². The number of ether oxygens (including phenoxy) is 1. The van der Waals surface area contributed by atoms with Gasteiger partial charge in [-0.3, -0.25) is 14.7 Å². The molecule has 0 aliphatic carbocycles. The highest BCUT2D eigenvalue weighted by molar-refractivity contribution is 5.78. The number of aromatic nitrogens is 1. The van der Waals surface area contributed by atoms with Crippen LogP contribution in [0.1, 0.15) is 25.5 Å². The Morgan fingerprint density at radius 3 is 2.65 bits per heavy atom. The van der Waals surface area contributed by atoms with E-state index in [2.05, 4.69) is 29.2 Å². The summed E-state index contributed by atoms with van der Waals surface area (Å²) < 4.78 is 6.29. The van der Waals surface area contributed by atoms with Gasteiger partial charge in [0, 0.05) is 57.1 Å². The number of carbonyl (C=O) groups is 1. The van der Waals surface area contributed by atoms with E-state index in [0.717, 1.165) is 63.2 Å². The average molecular weight is 353 g/mol. The summed E-state index contributed by atoms with van der Waals surface area (Å²) >= 11 is 0. The molecule has 0 unspecified atom stereocenters. The van der Waals surface area contributed by atoms with Crippen molar-refractivity contribution in [3.8, 4) is 0 Å². The number of benzene rings is 1. The fourth-order valence-electron chi connectivity index (χ4n) is 4.05. The van der Waals surface area contributed by atoms with Gasteiger partial charge in [-0.15, -0.1) is 0 Å². The third-order valence-corrected chi connectivity index (χ3v) is 5.57. The van der Waals surface area contributed by atoms with E-state index in [0.29, 0.717) is 6.10 Å². The Morgan fingerprint density at radius 1 is 1.08 bits per heavy atom. The molecule has 1 aromatic heterocycles. The highest BCUT2D eigenvalue weighted by Crippen LogP contribution is 2.24. The van der Waals surface area contributed by atoms with Crippen LogP contribution in [0.2, 0.25) is 0 Å². The Hall–Kier alpha value is -1.98. The zero-order valence-electron chi connectivity index (χ0n) is 15.4. The molecule has 2 saturated heterocycles. The summed E-state index contributed by atoms with van der Waals surface area (Å²) in [5.74, 6) is 0.185. The fraction of sp³-hybridized carbons (Fsp3) is 0.524. The highest BCUT2D eigenvalue weighted by atomic mass is 16.5. The van der Waals surface area contributed by atoms with Gasteiger partial charge in [-0.1, -0.05) is 24.3 Å². The molecule has 2 aliphatic heterocycles. The molecule has 0 saturated carbocycles. The minimum absolute atomic E-state index is 0.185. The number of piperazine rings is 1. The van der Waals surface area contributed by atoms with Gasteiger partial charge in [-0.05, 0) is 25.0 Å². The van der Waals surface area contributed by atoms with Crippen molar-refractivity contribution in [1.82, 2.24) is 14.8 Å². The van der Waals surface area contributed by atoms with E-state index in [-0.39, 0.29) is 12.0 Å². The first-order chi connectivity index (χ1) is 12.7. The molecule has 26 heavy (non-hydrogen) atoms. The van der Waals surface area contributed by atoms with Crippen molar-refractivity contribution in [2.75, 3.05) is 32.7 Å². The number of rotatable bonds is 4. The van der Waals surface area contributed by atoms with Crippen molar-refractivity contribution in [3.63, 3.8) is 0 Å². The van der Waals surface area contributed by atoms with Crippen LogP contribution in [-0.4, -0.2) is 65.6 Å². The summed E-state index contributed by atoms with van der Waals surface area (Å²) in [5.41, 5.74) is 2.17. The molecule has 138 valence electrons. The van der Waals surface area contributed by atoms with E-state index in [1.165, 1.54) is 5.39 Å². The normalized spacial score (nSPS) is 24.3. The van der Waals surface area contributed by atoms with Crippen LogP contribution >= 0.6 is 0 Å². The Morgan fingerprint density at radius 2 is 1.85 bits per heavy atom. The number of hydrogen-bond acceptors (Lipinski definition) is 4. The van der Waals surface area contributed by atoms with Crippen LogP contribution in [0.5, 0.6) is 0 Å². The molecule has 2 fully saturated rings. The number of para-hydroxylation sites is 1. The number of hydrogen-bond donors (Lipinski definition) is 0. The first kappa shape index (κ1) is 17.4. The van der Waals surface area contributed by atoms with Gasteiger partial charge in [0.2, 0.25) is 5.91 Å². The minimum Gasteiger partial charge on any atom is -0.373 e. The van der Waals surface area contributed by atoms with E-state index < -0.39 is 0 Å². The van der Waals surface area contributed by atoms with Crippen LogP contribution in [0, 0.1) is 0 Å². The van der Waals surface area contributed by atoms with Crippen molar-refractivity contribution >= 4 is 16.8 Å². The Bertz CT molecular complexity index is 771. The molecule has 5 nitrogen and oxygen atoms in total. The van der Waals surface area contributed by atoms with Gasteiger partial charge in [-0.25, -0.2) is 0 Å². The molecule has 2 aliphatic rings. The van der Waals surface area contributed by atoms with Crippen molar-refractivity contribution in [2.24, 2.45) is 0 Å². The Labute approximate surface area is 154 Å². The Kier molecular flexibility index (Phi) is 5.18. The van der Waals surface area contributed by atoms with Crippen LogP contribution in [-0.2, 0) is 16.0 Å². The molecule has 4 rings (SSSR count). The number of nitrogens with zero attached hydrogens (tertiary/aromatic N) is 3. The lowest BCUT2D eigenvalue weighted by molar-refractivity contribution is -0.130. The molecule has 2 atom stereocenters. The van der Waals surface area contributed by atoms with Gasteiger partial charge in [-0.2, -0.15) is 0 Å². The molecule has 1 aromatic carbocycles. The second kappa shape index (κ2) is 7.72. The van der Waals surface area contributed by atoms with Gasteiger partial charge < -0.3 is 9.64 Å². The molecule has 0 radical (unpaired) electrons. The van der Waals surface area contributed by atoms with Crippen LogP contribution in [0.15, 0.2) is 36.4 Å². The summed E-state index contributed by atoms with van der Waals surface area (Å²) in [4.78, 5) is 20.6. The van der Waals surface area contributed by atoms with E-state index in [1.54, 1.807) is 6.92 Å². The lowest BCUT2D eigenvalue weighted by Gasteiger charge is -2.35. The molecule has 3 heterocycles. The second-order valence-electron chi connectivity index (χ2n) is 7.46. The van der Waals surface area contributed by atoms with Crippen molar-refractivity contribution in [3.05, 3.63) is 42.1 Å². The summed E-state index contributed by atoms with van der Waals surface area (Å²) in [7, 11) is 0. The van der Waals surface area contributed by atoms with Gasteiger partial charge in [0.05, 0.1) is 17.7 Å². The quantitative estimate of drug-likeness (QED) is 0.847.